The van der Waals surface area contributed by atoms with E-state index in [1.165, 1.54) is 0 Å². The normalized spacial score (nSPS) is 14.1. The Morgan fingerprint density at radius 2 is 1.80 bits per heavy atom. The predicted octanol–water partition coefficient (Wildman–Crippen LogP) is 0.155. The molecule has 0 aromatic carbocycles. The van der Waals surface area contributed by atoms with Gasteiger partial charge in [0, 0.05) is 0 Å². The van der Waals surface area contributed by atoms with Crippen molar-refractivity contribution in [2.24, 2.45) is 0 Å². The summed E-state index contributed by atoms with van der Waals surface area (Å²) in [6.07, 6.45) is 0.607. The lowest BCUT2D eigenvalue weighted by atomic mass is 10.3. The van der Waals surface area contributed by atoms with Crippen LogP contribution in [0.15, 0.2) is 0 Å². The maximum absolute atomic E-state index is 8.59. The van der Waals surface area contributed by atoms with Crippen LogP contribution in [0.25, 0.3) is 0 Å². The molecule has 0 bridgehead atoms. The van der Waals surface area contributed by atoms with Gasteiger partial charge in [0.15, 0.2) is 0 Å². The Bertz CT molecular complexity index is 71.3. The fourth-order valence-electron chi connectivity index (χ4n) is 0.569. The summed E-state index contributed by atoms with van der Waals surface area (Å²) in [6.45, 7) is 3.69. The maximum atomic E-state index is 8.59. The van der Waals surface area contributed by atoms with Crippen LogP contribution in [0.1, 0.15) is 20.3 Å². The Kier molecular flexibility index (Phi) is 5.58. The van der Waals surface area contributed by atoms with Gasteiger partial charge in [-0.2, -0.15) is 0 Å². The number of aliphatic hydroxyl groups excluding tert-OH is 2. The number of rotatable bonds is 5. The molecule has 0 radical (unpaired) electrons. The number of aliphatic hydroxyl groups is 2. The van der Waals surface area contributed by atoms with Gasteiger partial charge >= 0.3 is 0 Å². The molecule has 2 N–H and O–H groups in total. The molecule has 0 amide bonds. The molecule has 1 atom stereocenters. The van der Waals surface area contributed by atoms with Gasteiger partial charge in [0.05, 0.1) is 19.3 Å². The second-order valence-electron chi connectivity index (χ2n) is 2.34. The van der Waals surface area contributed by atoms with Crippen molar-refractivity contribution < 1.29 is 14.9 Å². The minimum absolute atomic E-state index is 0.110. The van der Waals surface area contributed by atoms with Crippen molar-refractivity contribution in [3.63, 3.8) is 0 Å². The molecule has 0 fully saturated rings. The Labute approximate surface area is 61.6 Å². The smallest absolute Gasteiger partial charge is 0.104 e. The van der Waals surface area contributed by atoms with Crippen LogP contribution in [0.2, 0.25) is 0 Å². The SMILES string of the molecule is CCC(C)OC(CO)CO. The molecule has 0 aliphatic carbocycles. The number of hydrogen-bond acceptors (Lipinski definition) is 3. The summed E-state index contributed by atoms with van der Waals surface area (Å²) in [5, 5.41) is 17.2. The minimum atomic E-state index is -0.407. The summed E-state index contributed by atoms with van der Waals surface area (Å²) < 4.78 is 5.20. The summed E-state index contributed by atoms with van der Waals surface area (Å²) in [4.78, 5) is 0. The third-order valence-corrected chi connectivity index (χ3v) is 1.41. The van der Waals surface area contributed by atoms with E-state index in [2.05, 4.69) is 0 Å². The zero-order valence-electron chi connectivity index (χ0n) is 6.58. The Hall–Kier alpha value is -0.120. The molecule has 3 nitrogen and oxygen atoms in total. The zero-order chi connectivity index (χ0) is 7.98. The van der Waals surface area contributed by atoms with E-state index >= 15 is 0 Å². The molecule has 0 heterocycles. The van der Waals surface area contributed by atoms with Crippen molar-refractivity contribution in [1.82, 2.24) is 0 Å². The highest BCUT2D eigenvalue weighted by Crippen LogP contribution is 2.00. The van der Waals surface area contributed by atoms with Crippen molar-refractivity contribution >= 4 is 0 Å². The van der Waals surface area contributed by atoms with Gasteiger partial charge in [-0.25, -0.2) is 0 Å². The Morgan fingerprint density at radius 3 is 2.10 bits per heavy atom. The molecule has 0 aromatic rings. The van der Waals surface area contributed by atoms with Crippen molar-refractivity contribution in [1.29, 1.82) is 0 Å². The highest BCUT2D eigenvalue weighted by molar-refractivity contribution is 4.55. The number of ether oxygens (including phenoxy) is 1. The lowest BCUT2D eigenvalue weighted by molar-refractivity contribution is -0.0570. The number of hydrogen-bond donors (Lipinski definition) is 2. The topological polar surface area (TPSA) is 49.7 Å². The van der Waals surface area contributed by atoms with Crippen LogP contribution in [0.5, 0.6) is 0 Å². The first-order valence-electron chi connectivity index (χ1n) is 3.61. The summed E-state index contributed by atoms with van der Waals surface area (Å²) in [5.74, 6) is 0. The second-order valence-corrected chi connectivity index (χ2v) is 2.34. The van der Waals surface area contributed by atoms with Crippen molar-refractivity contribution in [3.05, 3.63) is 0 Å². The molecule has 3 heteroatoms. The first-order valence-corrected chi connectivity index (χ1v) is 3.61. The molecule has 10 heavy (non-hydrogen) atoms. The monoisotopic (exact) mass is 148 g/mol. The molecule has 0 saturated carbocycles. The fraction of sp³-hybridized carbons (Fsp3) is 1.00. The standard InChI is InChI=1S/C7H16O3/c1-3-6(2)10-7(4-8)5-9/h6-9H,3-5H2,1-2H3. The average molecular weight is 148 g/mol. The largest absolute Gasteiger partial charge is 0.394 e. The molecule has 0 rings (SSSR count). The van der Waals surface area contributed by atoms with Gasteiger partial charge in [-0.15, -0.1) is 0 Å². The summed E-state index contributed by atoms with van der Waals surface area (Å²) in [5.41, 5.74) is 0. The first-order chi connectivity index (χ1) is 4.74. The average Bonchev–Trinajstić information content (AvgIpc) is 1.99. The lowest BCUT2D eigenvalue weighted by Crippen LogP contribution is -2.26. The van der Waals surface area contributed by atoms with Gasteiger partial charge < -0.3 is 14.9 Å². The van der Waals surface area contributed by atoms with Crippen LogP contribution < -0.4 is 0 Å². The maximum Gasteiger partial charge on any atom is 0.104 e. The molecule has 1 unspecified atom stereocenters. The minimum Gasteiger partial charge on any atom is -0.394 e. The first kappa shape index (κ1) is 9.88. The predicted molar refractivity (Wildman–Crippen MR) is 38.8 cm³/mol. The molecule has 0 aliphatic rings. The molecular weight excluding hydrogens is 132 g/mol. The molecular formula is C7H16O3. The van der Waals surface area contributed by atoms with Gasteiger partial charge in [-0.3, -0.25) is 0 Å². The highest BCUT2D eigenvalue weighted by atomic mass is 16.5. The summed E-state index contributed by atoms with van der Waals surface area (Å²) in [7, 11) is 0. The van der Waals surface area contributed by atoms with Crippen LogP contribution in [-0.4, -0.2) is 35.6 Å². The fourth-order valence-corrected chi connectivity index (χ4v) is 0.569. The van der Waals surface area contributed by atoms with Gasteiger partial charge in [0.1, 0.15) is 6.10 Å². The molecule has 62 valence electrons. The van der Waals surface area contributed by atoms with E-state index in [1.807, 2.05) is 13.8 Å². The van der Waals surface area contributed by atoms with Crippen LogP contribution in [0, 0.1) is 0 Å². The van der Waals surface area contributed by atoms with Crippen molar-refractivity contribution in [2.45, 2.75) is 32.5 Å². The van der Waals surface area contributed by atoms with Gasteiger partial charge in [-0.05, 0) is 13.3 Å². The second kappa shape index (κ2) is 5.65. The molecule has 0 aromatic heterocycles. The van der Waals surface area contributed by atoms with Crippen LogP contribution in [-0.2, 0) is 4.74 Å². The third kappa shape index (κ3) is 3.82. The highest BCUT2D eigenvalue weighted by Gasteiger charge is 2.08. The van der Waals surface area contributed by atoms with Crippen molar-refractivity contribution in [2.75, 3.05) is 13.2 Å². The summed E-state index contributed by atoms with van der Waals surface area (Å²) in [6, 6.07) is 0. The Morgan fingerprint density at radius 1 is 1.30 bits per heavy atom. The van der Waals surface area contributed by atoms with Gasteiger partial charge in [-0.1, -0.05) is 6.92 Å². The van der Waals surface area contributed by atoms with E-state index in [4.69, 9.17) is 14.9 Å². The van der Waals surface area contributed by atoms with Gasteiger partial charge in [0.2, 0.25) is 0 Å². The Balaban J connectivity index is 3.41. The van der Waals surface area contributed by atoms with Crippen LogP contribution in [0.4, 0.5) is 0 Å². The van der Waals surface area contributed by atoms with Crippen LogP contribution in [0.3, 0.4) is 0 Å². The molecule has 0 aliphatic heterocycles. The van der Waals surface area contributed by atoms with Crippen LogP contribution >= 0.6 is 0 Å². The van der Waals surface area contributed by atoms with E-state index in [0.717, 1.165) is 6.42 Å². The van der Waals surface area contributed by atoms with E-state index in [1.54, 1.807) is 0 Å². The van der Waals surface area contributed by atoms with E-state index < -0.39 is 6.10 Å². The molecule has 0 spiro atoms. The van der Waals surface area contributed by atoms with E-state index in [-0.39, 0.29) is 19.3 Å². The third-order valence-electron chi connectivity index (χ3n) is 1.41. The quantitative estimate of drug-likeness (QED) is 0.583. The van der Waals surface area contributed by atoms with E-state index in [0.29, 0.717) is 0 Å². The molecule has 0 saturated heterocycles. The lowest BCUT2D eigenvalue weighted by Gasteiger charge is -2.17. The van der Waals surface area contributed by atoms with Gasteiger partial charge in [0.25, 0.3) is 0 Å². The summed E-state index contributed by atoms with van der Waals surface area (Å²) >= 11 is 0. The van der Waals surface area contributed by atoms with E-state index in [9.17, 15) is 0 Å². The zero-order valence-corrected chi connectivity index (χ0v) is 6.58. The van der Waals surface area contributed by atoms with Crippen molar-refractivity contribution in [3.8, 4) is 0 Å².